The monoisotopic (exact) mass is 345 g/mol. The molecular weight excluding hydrogens is 326 g/mol. The lowest BCUT2D eigenvalue weighted by molar-refractivity contribution is 0.376. The van der Waals surface area contributed by atoms with Crippen LogP contribution in [0.15, 0.2) is 40.9 Å². The van der Waals surface area contributed by atoms with Gasteiger partial charge in [-0.1, -0.05) is 23.4 Å². The standard InChI is InChI=1S/C17H19N3O3S/c1-13-9-16(23-18-13)12-24(21,22)19-7-4-8-20-15(11-19)10-14-5-2-3-6-17(14)20/h2-3,5-6,9-10H,4,7-8,11-12H2,1H3. The van der Waals surface area contributed by atoms with Crippen LogP contribution in [0.4, 0.5) is 0 Å². The molecule has 0 aliphatic carbocycles. The van der Waals surface area contributed by atoms with E-state index in [4.69, 9.17) is 4.52 Å². The maximum Gasteiger partial charge on any atom is 0.221 e. The number of nitrogens with zero attached hydrogens (tertiary/aromatic N) is 3. The van der Waals surface area contributed by atoms with E-state index in [0.29, 0.717) is 24.5 Å². The molecule has 2 aromatic heterocycles. The minimum atomic E-state index is -3.44. The summed E-state index contributed by atoms with van der Waals surface area (Å²) in [5.41, 5.74) is 2.89. The van der Waals surface area contributed by atoms with E-state index in [1.54, 1.807) is 17.3 Å². The number of para-hydroxylation sites is 1. The molecule has 3 heterocycles. The average molecular weight is 345 g/mol. The highest BCUT2D eigenvalue weighted by atomic mass is 32.2. The van der Waals surface area contributed by atoms with Crippen LogP contribution in [-0.4, -0.2) is 29.0 Å². The third-order valence-corrected chi connectivity index (χ3v) is 6.17. The number of fused-ring (bicyclic) bond motifs is 3. The molecule has 0 saturated heterocycles. The van der Waals surface area contributed by atoms with Crippen molar-refractivity contribution in [3.63, 3.8) is 0 Å². The molecule has 1 aromatic carbocycles. The van der Waals surface area contributed by atoms with Gasteiger partial charge in [0.2, 0.25) is 10.0 Å². The van der Waals surface area contributed by atoms with Gasteiger partial charge in [0.05, 0.1) is 12.2 Å². The fourth-order valence-corrected chi connectivity index (χ4v) is 4.73. The Balaban J connectivity index is 1.64. The normalized spacial score (nSPS) is 16.2. The predicted octanol–water partition coefficient (Wildman–Crippen LogP) is 2.67. The van der Waals surface area contributed by atoms with Gasteiger partial charge in [-0.3, -0.25) is 0 Å². The van der Waals surface area contributed by atoms with Gasteiger partial charge in [0, 0.05) is 30.4 Å². The molecule has 6 nitrogen and oxygen atoms in total. The summed E-state index contributed by atoms with van der Waals surface area (Å²) in [5.74, 6) is 0.242. The van der Waals surface area contributed by atoms with Crippen molar-refractivity contribution in [2.75, 3.05) is 6.54 Å². The van der Waals surface area contributed by atoms with Crippen molar-refractivity contribution in [3.05, 3.63) is 53.5 Å². The molecule has 1 aliphatic rings. The van der Waals surface area contributed by atoms with Crippen molar-refractivity contribution in [3.8, 4) is 0 Å². The van der Waals surface area contributed by atoms with E-state index >= 15 is 0 Å². The Morgan fingerprint density at radius 1 is 1.21 bits per heavy atom. The van der Waals surface area contributed by atoms with Gasteiger partial charge in [-0.05, 0) is 30.9 Å². The summed E-state index contributed by atoms with van der Waals surface area (Å²) in [6, 6.07) is 11.9. The molecule has 24 heavy (non-hydrogen) atoms. The number of hydrogen-bond acceptors (Lipinski definition) is 4. The lowest BCUT2D eigenvalue weighted by atomic mass is 10.2. The summed E-state index contributed by atoms with van der Waals surface area (Å²) in [6.45, 7) is 3.52. The zero-order chi connectivity index (χ0) is 16.7. The van der Waals surface area contributed by atoms with Crippen molar-refractivity contribution in [1.82, 2.24) is 14.0 Å². The second-order valence-corrected chi connectivity index (χ2v) is 8.19. The molecule has 0 saturated carbocycles. The van der Waals surface area contributed by atoms with E-state index in [1.165, 1.54) is 0 Å². The van der Waals surface area contributed by atoms with E-state index < -0.39 is 10.0 Å². The van der Waals surface area contributed by atoms with Crippen molar-refractivity contribution < 1.29 is 12.9 Å². The Hall–Kier alpha value is -2.12. The number of aromatic nitrogens is 2. The molecule has 126 valence electrons. The van der Waals surface area contributed by atoms with Gasteiger partial charge in [-0.2, -0.15) is 4.31 Å². The summed E-state index contributed by atoms with van der Waals surface area (Å²) in [5, 5.41) is 4.92. The number of sulfonamides is 1. The van der Waals surface area contributed by atoms with E-state index in [0.717, 1.165) is 29.6 Å². The molecule has 0 radical (unpaired) electrons. The maximum atomic E-state index is 12.8. The van der Waals surface area contributed by atoms with Crippen molar-refractivity contribution in [2.45, 2.75) is 32.2 Å². The number of hydrogen-bond donors (Lipinski definition) is 0. The molecule has 0 amide bonds. The van der Waals surface area contributed by atoms with E-state index in [1.807, 2.05) is 12.1 Å². The van der Waals surface area contributed by atoms with Crippen LogP contribution in [0.1, 0.15) is 23.6 Å². The molecule has 1 aliphatic heterocycles. The van der Waals surface area contributed by atoms with Crippen LogP contribution in [-0.2, 0) is 28.9 Å². The van der Waals surface area contributed by atoms with Crippen molar-refractivity contribution in [2.24, 2.45) is 0 Å². The quantitative estimate of drug-likeness (QED) is 0.732. The van der Waals surface area contributed by atoms with Crippen LogP contribution < -0.4 is 0 Å². The predicted molar refractivity (Wildman–Crippen MR) is 90.8 cm³/mol. The van der Waals surface area contributed by atoms with Gasteiger partial charge < -0.3 is 9.09 Å². The molecule has 0 spiro atoms. The first-order chi connectivity index (χ1) is 11.5. The first-order valence-corrected chi connectivity index (χ1v) is 9.61. The van der Waals surface area contributed by atoms with Crippen LogP contribution in [0.5, 0.6) is 0 Å². The lowest BCUT2D eigenvalue weighted by Gasteiger charge is -2.18. The summed E-state index contributed by atoms with van der Waals surface area (Å²) in [4.78, 5) is 0. The van der Waals surface area contributed by atoms with Crippen molar-refractivity contribution >= 4 is 20.9 Å². The Bertz CT molecular complexity index is 988. The summed E-state index contributed by atoms with van der Waals surface area (Å²) < 4.78 is 34.4. The minimum absolute atomic E-state index is 0.145. The van der Waals surface area contributed by atoms with Crippen LogP contribution in [0, 0.1) is 6.92 Å². The average Bonchev–Trinajstić information content (AvgIpc) is 3.02. The Kier molecular flexibility index (Phi) is 3.69. The van der Waals surface area contributed by atoms with Gasteiger partial charge in [-0.15, -0.1) is 0 Å². The third-order valence-electron chi connectivity index (χ3n) is 4.42. The SMILES string of the molecule is Cc1cc(CS(=O)(=O)N2CCCn3c(cc4ccccc43)C2)on1. The largest absolute Gasteiger partial charge is 0.360 e. The second-order valence-electron chi connectivity index (χ2n) is 6.22. The number of aryl methyl sites for hydroxylation is 2. The number of rotatable bonds is 3. The first kappa shape index (κ1) is 15.4. The molecule has 0 atom stereocenters. The molecule has 0 N–H and O–H groups in total. The smallest absolute Gasteiger partial charge is 0.221 e. The molecule has 4 rings (SSSR count). The van der Waals surface area contributed by atoms with Crippen LogP contribution in [0.2, 0.25) is 0 Å². The number of benzene rings is 1. The van der Waals surface area contributed by atoms with Gasteiger partial charge in [0.15, 0.2) is 5.76 Å². The van der Waals surface area contributed by atoms with Crippen molar-refractivity contribution in [1.29, 1.82) is 0 Å². The topological polar surface area (TPSA) is 68.3 Å². The zero-order valence-corrected chi connectivity index (χ0v) is 14.3. The summed E-state index contributed by atoms with van der Waals surface area (Å²) in [6.07, 6.45) is 0.792. The summed E-state index contributed by atoms with van der Waals surface area (Å²) >= 11 is 0. The van der Waals surface area contributed by atoms with Crippen LogP contribution >= 0.6 is 0 Å². The fraction of sp³-hybridized carbons (Fsp3) is 0.353. The van der Waals surface area contributed by atoms with Gasteiger partial charge in [0.25, 0.3) is 0 Å². The Morgan fingerprint density at radius 2 is 2.04 bits per heavy atom. The van der Waals surface area contributed by atoms with E-state index in [2.05, 4.69) is 27.9 Å². The van der Waals surface area contributed by atoms with Crippen LogP contribution in [0.25, 0.3) is 10.9 Å². The molecule has 3 aromatic rings. The fourth-order valence-electron chi connectivity index (χ4n) is 3.32. The minimum Gasteiger partial charge on any atom is -0.360 e. The van der Waals surface area contributed by atoms with Gasteiger partial charge in [0.1, 0.15) is 5.75 Å². The molecular formula is C17H19N3O3S. The van der Waals surface area contributed by atoms with Crippen LogP contribution in [0.3, 0.4) is 0 Å². The lowest BCUT2D eigenvalue weighted by Crippen LogP contribution is -2.31. The maximum absolute atomic E-state index is 12.8. The molecule has 0 fully saturated rings. The second kappa shape index (κ2) is 5.75. The summed E-state index contributed by atoms with van der Waals surface area (Å²) in [7, 11) is -3.44. The van der Waals surface area contributed by atoms with E-state index in [-0.39, 0.29) is 5.75 Å². The molecule has 0 bridgehead atoms. The van der Waals surface area contributed by atoms with E-state index in [9.17, 15) is 8.42 Å². The first-order valence-electron chi connectivity index (χ1n) is 8.00. The van der Waals surface area contributed by atoms with Gasteiger partial charge >= 0.3 is 0 Å². The third kappa shape index (κ3) is 2.74. The highest BCUT2D eigenvalue weighted by Crippen LogP contribution is 2.25. The van der Waals surface area contributed by atoms with Gasteiger partial charge in [-0.25, -0.2) is 8.42 Å². The zero-order valence-electron chi connectivity index (χ0n) is 13.5. The molecule has 7 heteroatoms. The molecule has 0 unspecified atom stereocenters. The highest BCUT2D eigenvalue weighted by molar-refractivity contribution is 7.88. The highest BCUT2D eigenvalue weighted by Gasteiger charge is 2.27. The Morgan fingerprint density at radius 3 is 2.83 bits per heavy atom. The Labute approximate surface area is 140 Å².